The molecule has 9 heteroatoms. The fourth-order valence-electron chi connectivity index (χ4n) is 1.35. The standard InChI is InChI=1S/C11H18N2O4S2.ClH/c1-7-5-18-8(10(14)17-4)9(7)19(15,16)13-6-11(2,3)12;/h5,13H,6,12H2,1-4H3;1H. The molecule has 0 aliphatic heterocycles. The van der Waals surface area contributed by atoms with Crippen molar-refractivity contribution in [3.05, 3.63) is 15.8 Å². The average molecular weight is 343 g/mol. The van der Waals surface area contributed by atoms with Crippen LogP contribution in [0.5, 0.6) is 0 Å². The van der Waals surface area contributed by atoms with Gasteiger partial charge in [-0.2, -0.15) is 0 Å². The van der Waals surface area contributed by atoms with E-state index >= 15 is 0 Å². The molecule has 6 nitrogen and oxygen atoms in total. The van der Waals surface area contributed by atoms with Crippen LogP contribution in [0.3, 0.4) is 0 Å². The number of halogens is 1. The summed E-state index contributed by atoms with van der Waals surface area (Å²) in [5.74, 6) is -0.662. The summed E-state index contributed by atoms with van der Waals surface area (Å²) in [6.45, 7) is 5.12. The van der Waals surface area contributed by atoms with Crippen LogP contribution in [0.1, 0.15) is 29.1 Å². The second kappa shape index (κ2) is 6.86. The van der Waals surface area contributed by atoms with Gasteiger partial charge >= 0.3 is 5.97 Å². The fourth-order valence-corrected chi connectivity index (χ4v) is 4.28. The summed E-state index contributed by atoms with van der Waals surface area (Å²) in [5.41, 5.74) is 5.57. The minimum Gasteiger partial charge on any atom is -0.465 e. The molecule has 20 heavy (non-hydrogen) atoms. The Kier molecular flexibility index (Phi) is 6.63. The summed E-state index contributed by atoms with van der Waals surface area (Å²) in [5, 5.41) is 1.61. The zero-order chi connectivity index (χ0) is 14.8. The largest absolute Gasteiger partial charge is 0.465 e. The predicted octanol–water partition coefficient (Wildman–Crippen LogP) is 1.28. The highest BCUT2D eigenvalue weighted by atomic mass is 35.5. The molecule has 0 saturated heterocycles. The van der Waals surface area contributed by atoms with Crippen LogP contribution in [0.4, 0.5) is 0 Å². The van der Waals surface area contributed by atoms with Crippen LogP contribution in [0.25, 0.3) is 0 Å². The van der Waals surface area contributed by atoms with Crippen molar-refractivity contribution in [2.24, 2.45) is 5.73 Å². The normalized spacial score (nSPS) is 11.8. The van der Waals surface area contributed by atoms with Crippen molar-refractivity contribution in [3.8, 4) is 0 Å². The number of hydrogen-bond donors (Lipinski definition) is 2. The summed E-state index contributed by atoms with van der Waals surface area (Å²) in [7, 11) is -2.57. The van der Waals surface area contributed by atoms with Gasteiger partial charge in [-0.1, -0.05) is 0 Å². The molecule has 1 aromatic heterocycles. The molecule has 0 aliphatic carbocycles. The van der Waals surface area contributed by atoms with E-state index in [4.69, 9.17) is 5.73 Å². The third-order valence-electron chi connectivity index (χ3n) is 2.28. The van der Waals surface area contributed by atoms with Crippen LogP contribution in [-0.4, -0.2) is 33.6 Å². The molecule has 1 aromatic rings. The third kappa shape index (κ3) is 4.71. The highest BCUT2D eigenvalue weighted by Gasteiger charge is 2.28. The molecular formula is C11H19ClN2O4S2. The van der Waals surface area contributed by atoms with E-state index in [9.17, 15) is 13.2 Å². The summed E-state index contributed by atoms with van der Waals surface area (Å²) in [4.78, 5) is 11.6. The smallest absolute Gasteiger partial charge is 0.349 e. The van der Waals surface area contributed by atoms with Crippen LogP contribution in [0, 0.1) is 6.92 Å². The molecule has 116 valence electrons. The second-order valence-corrected chi connectivity index (χ2v) is 7.47. The lowest BCUT2D eigenvalue weighted by Gasteiger charge is -2.19. The lowest BCUT2D eigenvalue weighted by molar-refractivity contribution is 0.0602. The number of ether oxygens (including phenoxy) is 1. The van der Waals surface area contributed by atoms with E-state index < -0.39 is 21.5 Å². The quantitative estimate of drug-likeness (QED) is 0.785. The monoisotopic (exact) mass is 342 g/mol. The number of nitrogens with one attached hydrogen (secondary N) is 1. The SMILES string of the molecule is COC(=O)c1scc(C)c1S(=O)(=O)NCC(C)(C)N.Cl. The van der Waals surface area contributed by atoms with Crippen molar-refractivity contribution in [3.63, 3.8) is 0 Å². The minimum atomic E-state index is -3.79. The van der Waals surface area contributed by atoms with Gasteiger partial charge in [0.15, 0.2) is 0 Å². The first kappa shape index (κ1) is 19.3. The van der Waals surface area contributed by atoms with Gasteiger partial charge in [-0.3, -0.25) is 0 Å². The molecule has 0 fully saturated rings. The molecule has 0 bridgehead atoms. The first-order chi connectivity index (χ1) is 8.58. The molecule has 3 N–H and O–H groups in total. The van der Waals surface area contributed by atoms with E-state index in [1.807, 2.05) is 0 Å². The van der Waals surface area contributed by atoms with E-state index in [1.165, 1.54) is 7.11 Å². The fraction of sp³-hybridized carbons (Fsp3) is 0.545. The maximum atomic E-state index is 12.2. The van der Waals surface area contributed by atoms with Crippen molar-refractivity contribution < 1.29 is 17.9 Å². The molecule has 0 spiro atoms. The number of aryl methyl sites for hydroxylation is 1. The first-order valence-corrected chi connectivity index (χ1v) is 7.90. The van der Waals surface area contributed by atoms with Gasteiger partial charge in [0.05, 0.1) is 7.11 Å². The topological polar surface area (TPSA) is 98.5 Å². The van der Waals surface area contributed by atoms with Gasteiger partial charge in [-0.15, -0.1) is 23.7 Å². The number of methoxy groups -OCH3 is 1. The summed E-state index contributed by atoms with van der Waals surface area (Å²) < 4.78 is 31.5. The Morgan fingerprint density at radius 2 is 2.05 bits per heavy atom. The first-order valence-electron chi connectivity index (χ1n) is 5.53. The summed E-state index contributed by atoms with van der Waals surface area (Å²) in [6.07, 6.45) is 0. The molecule has 0 aromatic carbocycles. The number of rotatable bonds is 5. The minimum absolute atomic E-state index is 0. The highest BCUT2D eigenvalue weighted by Crippen LogP contribution is 2.27. The summed E-state index contributed by atoms with van der Waals surface area (Å²) >= 11 is 1.04. The molecule has 1 heterocycles. The van der Waals surface area contributed by atoms with Gasteiger partial charge in [0, 0.05) is 12.1 Å². The number of carbonyl (C=O) groups excluding carboxylic acids is 1. The van der Waals surface area contributed by atoms with E-state index in [0.29, 0.717) is 5.56 Å². The highest BCUT2D eigenvalue weighted by molar-refractivity contribution is 7.89. The van der Waals surface area contributed by atoms with Crippen molar-refractivity contribution in [2.75, 3.05) is 13.7 Å². The Labute approximate surface area is 129 Å². The average Bonchev–Trinajstić information content (AvgIpc) is 2.67. The zero-order valence-corrected chi connectivity index (χ0v) is 14.2. The van der Waals surface area contributed by atoms with Crippen LogP contribution in [0.15, 0.2) is 10.3 Å². The van der Waals surface area contributed by atoms with Crippen molar-refractivity contribution in [1.29, 1.82) is 0 Å². The van der Waals surface area contributed by atoms with E-state index in [1.54, 1.807) is 26.2 Å². The maximum absolute atomic E-state index is 12.2. The Balaban J connectivity index is 0.00000361. The lowest BCUT2D eigenvalue weighted by atomic mass is 10.1. The summed E-state index contributed by atoms with van der Waals surface area (Å²) in [6, 6.07) is 0. The number of nitrogens with two attached hydrogens (primary N) is 1. The van der Waals surface area contributed by atoms with E-state index in [0.717, 1.165) is 11.3 Å². The Hall–Kier alpha value is -0.670. The second-order valence-electron chi connectivity index (χ2n) is 4.88. The Bertz CT molecular complexity index is 576. The van der Waals surface area contributed by atoms with E-state index in [2.05, 4.69) is 9.46 Å². The van der Waals surface area contributed by atoms with Crippen molar-refractivity contribution >= 4 is 39.7 Å². The van der Waals surface area contributed by atoms with E-state index in [-0.39, 0.29) is 28.7 Å². The van der Waals surface area contributed by atoms with Gasteiger partial charge in [0.25, 0.3) is 0 Å². The van der Waals surface area contributed by atoms with Crippen LogP contribution >= 0.6 is 23.7 Å². The van der Waals surface area contributed by atoms with Gasteiger partial charge in [0.1, 0.15) is 9.77 Å². The molecule has 0 aliphatic rings. The number of esters is 1. The molecular weight excluding hydrogens is 324 g/mol. The number of hydrogen-bond acceptors (Lipinski definition) is 6. The lowest BCUT2D eigenvalue weighted by Crippen LogP contribution is -2.45. The van der Waals surface area contributed by atoms with Gasteiger partial charge in [-0.05, 0) is 31.7 Å². The zero-order valence-electron chi connectivity index (χ0n) is 11.7. The maximum Gasteiger partial charge on any atom is 0.349 e. The Morgan fingerprint density at radius 1 is 1.50 bits per heavy atom. The molecule has 0 saturated carbocycles. The van der Waals surface area contributed by atoms with Crippen molar-refractivity contribution in [1.82, 2.24) is 4.72 Å². The number of carbonyl (C=O) groups is 1. The van der Waals surface area contributed by atoms with Gasteiger partial charge in [-0.25, -0.2) is 17.9 Å². The van der Waals surface area contributed by atoms with Crippen LogP contribution < -0.4 is 10.5 Å². The molecule has 0 radical (unpaired) electrons. The molecule has 0 unspecified atom stereocenters. The predicted molar refractivity (Wildman–Crippen MR) is 81.1 cm³/mol. The number of thiophene rings is 1. The third-order valence-corrected chi connectivity index (χ3v) is 5.07. The number of sulfonamides is 1. The van der Waals surface area contributed by atoms with Gasteiger partial charge < -0.3 is 10.5 Å². The van der Waals surface area contributed by atoms with Crippen LogP contribution in [0.2, 0.25) is 0 Å². The molecule has 0 atom stereocenters. The molecule has 0 amide bonds. The molecule has 1 rings (SSSR count). The van der Waals surface area contributed by atoms with Crippen molar-refractivity contribution in [2.45, 2.75) is 31.2 Å². The van der Waals surface area contributed by atoms with Gasteiger partial charge in [0.2, 0.25) is 10.0 Å². The van der Waals surface area contributed by atoms with Crippen LogP contribution in [-0.2, 0) is 14.8 Å². The Morgan fingerprint density at radius 3 is 2.50 bits per heavy atom.